The van der Waals surface area contributed by atoms with Crippen LogP contribution >= 0.6 is 22.9 Å². The molecule has 0 aliphatic heterocycles. The number of hydrogen-bond donors (Lipinski definition) is 1. The number of alkyl halides is 3. The van der Waals surface area contributed by atoms with Crippen LogP contribution in [0.2, 0.25) is 5.02 Å². The minimum absolute atomic E-state index is 0.0407. The van der Waals surface area contributed by atoms with E-state index in [2.05, 4.69) is 9.72 Å². The lowest BCUT2D eigenvalue weighted by Crippen LogP contribution is -2.30. The second kappa shape index (κ2) is 10.8. The fourth-order valence-electron chi connectivity index (χ4n) is 3.16. The van der Waals surface area contributed by atoms with Gasteiger partial charge in [0.2, 0.25) is 10.0 Å². The molecule has 0 unspecified atom stereocenters. The van der Waals surface area contributed by atoms with E-state index in [4.69, 9.17) is 11.6 Å². The van der Waals surface area contributed by atoms with Gasteiger partial charge in [-0.3, -0.25) is 4.79 Å². The Labute approximate surface area is 209 Å². The Balaban J connectivity index is 1.88. The fourth-order valence-corrected chi connectivity index (χ4v) is 4.65. The highest BCUT2D eigenvalue weighted by atomic mass is 35.5. The number of aromatic nitrogens is 1. The first kappa shape index (κ1) is 26.8. The summed E-state index contributed by atoms with van der Waals surface area (Å²) in [5, 5.41) is 1.00. The largest absolute Gasteiger partial charge is 0.573 e. The van der Waals surface area contributed by atoms with E-state index in [1.165, 1.54) is 29.5 Å². The molecule has 0 fully saturated rings. The maximum absolute atomic E-state index is 12.6. The number of nitrogens with one attached hydrogen (secondary N) is 1. The SMILES string of the molecule is Cc1sc(N(CCc2ccc(Cl)cc2)Cc2cccc(OC(F)(F)F)c2)nc1C(=O)NS(C)(=O)=O. The summed E-state index contributed by atoms with van der Waals surface area (Å²) in [5.41, 5.74) is 1.45. The topological polar surface area (TPSA) is 88.6 Å². The number of rotatable bonds is 9. The summed E-state index contributed by atoms with van der Waals surface area (Å²) in [7, 11) is -3.78. The lowest BCUT2D eigenvalue weighted by Gasteiger charge is -2.22. The summed E-state index contributed by atoms with van der Waals surface area (Å²) in [6.07, 6.45) is -3.40. The summed E-state index contributed by atoms with van der Waals surface area (Å²) in [5.74, 6) is -1.21. The van der Waals surface area contributed by atoms with Crippen molar-refractivity contribution in [2.75, 3.05) is 17.7 Å². The third-order valence-electron chi connectivity index (χ3n) is 4.64. The first-order valence-corrected chi connectivity index (χ1v) is 13.2. The normalized spacial score (nSPS) is 11.8. The summed E-state index contributed by atoms with van der Waals surface area (Å²) < 4.78 is 66.8. The highest BCUT2D eigenvalue weighted by Crippen LogP contribution is 2.29. The Hall–Kier alpha value is -2.83. The summed E-state index contributed by atoms with van der Waals surface area (Å²) >= 11 is 7.12. The zero-order valence-electron chi connectivity index (χ0n) is 18.6. The predicted octanol–water partition coefficient (Wildman–Crippen LogP) is 4.94. The summed E-state index contributed by atoms with van der Waals surface area (Å²) in [6, 6.07) is 12.8. The van der Waals surface area contributed by atoms with Crippen LogP contribution in [0.3, 0.4) is 0 Å². The van der Waals surface area contributed by atoms with E-state index in [-0.39, 0.29) is 18.0 Å². The third kappa shape index (κ3) is 8.41. The second-order valence-electron chi connectivity index (χ2n) is 7.60. The molecule has 1 aromatic heterocycles. The summed E-state index contributed by atoms with van der Waals surface area (Å²) in [4.78, 5) is 19.0. The van der Waals surface area contributed by atoms with Gasteiger partial charge in [0.25, 0.3) is 5.91 Å². The van der Waals surface area contributed by atoms with Crippen molar-refractivity contribution < 1.29 is 31.1 Å². The van der Waals surface area contributed by atoms with E-state index in [1.807, 2.05) is 16.9 Å². The lowest BCUT2D eigenvalue weighted by atomic mass is 10.1. The lowest BCUT2D eigenvalue weighted by molar-refractivity contribution is -0.274. The molecule has 0 radical (unpaired) electrons. The number of anilines is 1. The quantitative estimate of drug-likeness (QED) is 0.408. The van der Waals surface area contributed by atoms with Gasteiger partial charge in [-0.1, -0.05) is 35.9 Å². The predicted molar refractivity (Wildman–Crippen MR) is 128 cm³/mol. The Bertz CT molecular complexity index is 1300. The minimum atomic E-state index is -4.82. The van der Waals surface area contributed by atoms with Gasteiger partial charge in [0.15, 0.2) is 5.13 Å². The number of nitrogens with zero attached hydrogens (tertiary/aromatic N) is 2. The molecule has 1 amide bonds. The van der Waals surface area contributed by atoms with Crippen molar-refractivity contribution in [3.63, 3.8) is 0 Å². The van der Waals surface area contributed by atoms with Gasteiger partial charge < -0.3 is 9.64 Å². The molecule has 0 aliphatic rings. The van der Waals surface area contributed by atoms with E-state index in [0.717, 1.165) is 11.8 Å². The molecule has 3 rings (SSSR count). The van der Waals surface area contributed by atoms with E-state index in [9.17, 15) is 26.4 Å². The van der Waals surface area contributed by atoms with Gasteiger partial charge in [-0.05, 0) is 48.7 Å². The van der Waals surface area contributed by atoms with Gasteiger partial charge in [-0.2, -0.15) is 0 Å². The van der Waals surface area contributed by atoms with Crippen molar-refractivity contribution in [3.8, 4) is 5.75 Å². The molecule has 3 aromatic rings. The van der Waals surface area contributed by atoms with Crippen LogP contribution in [0.1, 0.15) is 26.5 Å². The number of amides is 1. The van der Waals surface area contributed by atoms with Crippen LogP contribution in [0, 0.1) is 6.92 Å². The molecule has 0 bridgehead atoms. The number of carbonyl (C=O) groups is 1. The highest BCUT2D eigenvalue weighted by Gasteiger charge is 2.31. The highest BCUT2D eigenvalue weighted by molar-refractivity contribution is 7.89. The fraction of sp³-hybridized carbons (Fsp3) is 0.273. The number of aryl methyl sites for hydroxylation is 1. The molecule has 35 heavy (non-hydrogen) atoms. The van der Waals surface area contributed by atoms with Gasteiger partial charge in [0.1, 0.15) is 11.4 Å². The van der Waals surface area contributed by atoms with Crippen LogP contribution in [0.25, 0.3) is 0 Å². The number of hydrogen-bond acceptors (Lipinski definition) is 7. The number of thiazole rings is 1. The van der Waals surface area contributed by atoms with Gasteiger partial charge >= 0.3 is 6.36 Å². The Morgan fingerprint density at radius 3 is 2.49 bits per heavy atom. The van der Waals surface area contributed by atoms with Crippen LogP contribution in [-0.4, -0.2) is 38.5 Å². The monoisotopic (exact) mass is 547 g/mol. The van der Waals surface area contributed by atoms with Gasteiger partial charge in [-0.15, -0.1) is 24.5 Å². The number of halogens is 4. The van der Waals surface area contributed by atoms with Crippen LogP contribution in [-0.2, 0) is 23.0 Å². The zero-order chi connectivity index (χ0) is 25.8. The van der Waals surface area contributed by atoms with E-state index in [0.29, 0.717) is 33.6 Å². The van der Waals surface area contributed by atoms with Crippen LogP contribution in [0.4, 0.5) is 18.3 Å². The van der Waals surface area contributed by atoms with E-state index < -0.39 is 22.3 Å². The number of ether oxygens (including phenoxy) is 1. The van der Waals surface area contributed by atoms with Crippen molar-refractivity contribution in [1.29, 1.82) is 0 Å². The standard InChI is InChI=1S/C22H21ClF3N3O4S2/c1-14-19(20(30)28-35(2,31)32)27-21(34-14)29(11-10-15-6-8-17(23)9-7-15)13-16-4-3-5-18(12-16)33-22(24,25)26/h3-9,12H,10-11,13H2,1-2H3,(H,28,30). The van der Waals surface area contributed by atoms with Crippen LogP contribution in [0.15, 0.2) is 48.5 Å². The van der Waals surface area contributed by atoms with Crippen molar-refractivity contribution in [2.24, 2.45) is 0 Å². The molecule has 0 atom stereocenters. The molecule has 1 heterocycles. The molecule has 188 valence electrons. The van der Waals surface area contributed by atoms with Crippen molar-refractivity contribution in [3.05, 3.63) is 75.3 Å². The van der Waals surface area contributed by atoms with Gasteiger partial charge in [0, 0.05) is 23.0 Å². The van der Waals surface area contributed by atoms with E-state index in [1.54, 1.807) is 30.0 Å². The molecule has 0 spiro atoms. The van der Waals surface area contributed by atoms with Gasteiger partial charge in [0.05, 0.1) is 6.26 Å². The average Bonchev–Trinajstić information content (AvgIpc) is 3.12. The second-order valence-corrected chi connectivity index (χ2v) is 11.0. The molecule has 13 heteroatoms. The molecule has 7 nitrogen and oxygen atoms in total. The number of sulfonamides is 1. The average molecular weight is 548 g/mol. The van der Waals surface area contributed by atoms with E-state index >= 15 is 0 Å². The molecule has 2 aromatic carbocycles. The number of benzene rings is 2. The maximum atomic E-state index is 12.6. The van der Waals surface area contributed by atoms with Gasteiger partial charge in [-0.25, -0.2) is 18.1 Å². The van der Waals surface area contributed by atoms with Crippen molar-refractivity contribution >= 4 is 44.0 Å². The number of carbonyl (C=O) groups excluding carboxylic acids is 1. The Kier molecular flexibility index (Phi) is 8.29. The molecular formula is C22H21ClF3N3O4S2. The molecule has 0 saturated carbocycles. The molecular weight excluding hydrogens is 527 g/mol. The molecule has 1 N–H and O–H groups in total. The first-order chi connectivity index (χ1) is 16.3. The Morgan fingerprint density at radius 1 is 1.17 bits per heavy atom. The first-order valence-electron chi connectivity index (χ1n) is 10.1. The van der Waals surface area contributed by atoms with Crippen LogP contribution in [0.5, 0.6) is 5.75 Å². The maximum Gasteiger partial charge on any atom is 0.573 e. The minimum Gasteiger partial charge on any atom is -0.406 e. The zero-order valence-corrected chi connectivity index (χ0v) is 21.0. The Morgan fingerprint density at radius 2 is 1.86 bits per heavy atom. The van der Waals surface area contributed by atoms with Crippen molar-refractivity contribution in [2.45, 2.75) is 26.3 Å². The van der Waals surface area contributed by atoms with Crippen molar-refractivity contribution in [1.82, 2.24) is 9.71 Å². The van der Waals surface area contributed by atoms with Crippen LogP contribution < -0.4 is 14.4 Å². The smallest absolute Gasteiger partial charge is 0.406 e. The molecule has 0 aliphatic carbocycles. The third-order valence-corrected chi connectivity index (χ3v) is 6.48. The molecule has 0 saturated heterocycles. The summed E-state index contributed by atoms with van der Waals surface area (Å²) in [6.45, 7) is 2.21.